The number of amides is 2. The van der Waals surface area contributed by atoms with Crippen LogP contribution in [0.3, 0.4) is 0 Å². The minimum atomic E-state index is -0.234. The lowest BCUT2D eigenvalue weighted by Gasteiger charge is -2.26. The van der Waals surface area contributed by atoms with Gasteiger partial charge >= 0.3 is 0 Å². The van der Waals surface area contributed by atoms with Gasteiger partial charge in [-0.15, -0.1) is 0 Å². The molecule has 1 aliphatic heterocycles. The van der Waals surface area contributed by atoms with Gasteiger partial charge in [0.25, 0.3) is 11.8 Å². The predicted octanol–water partition coefficient (Wildman–Crippen LogP) is 5.32. The first-order chi connectivity index (χ1) is 17.1. The van der Waals surface area contributed by atoms with Crippen molar-refractivity contribution in [1.82, 2.24) is 4.90 Å². The summed E-state index contributed by atoms with van der Waals surface area (Å²) >= 11 is 0. The Kier molecular flexibility index (Phi) is 8.39. The van der Waals surface area contributed by atoms with Gasteiger partial charge in [0, 0.05) is 24.3 Å². The van der Waals surface area contributed by atoms with Gasteiger partial charge in [0.05, 0.1) is 6.61 Å². The molecule has 0 atom stereocenters. The smallest absolute Gasteiger partial charge is 0.260 e. The molecule has 35 heavy (non-hydrogen) atoms. The number of anilines is 1. The summed E-state index contributed by atoms with van der Waals surface area (Å²) in [7, 11) is 0. The Balaban J connectivity index is 1.45. The van der Waals surface area contributed by atoms with Gasteiger partial charge in [-0.1, -0.05) is 48.5 Å². The molecule has 1 heterocycles. The van der Waals surface area contributed by atoms with Crippen molar-refractivity contribution < 1.29 is 19.1 Å². The summed E-state index contributed by atoms with van der Waals surface area (Å²) in [6, 6.07) is 23.0. The fourth-order valence-corrected chi connectivity index (χ4v) is 4.22. The molecule has 6 nitrogen and oxygen atoms in total. The zero-order chi connectivity index (χ0) is 24.5. The number of para-hydroxylation sites is 1. The van der Waals surface area contributed by atoms with Crippen molar-refractivity contribution in [2.24, 2.45) is 0 Å². The van der Waals surface area contributed by atoms with Gasteiger partial charge in [-0.05, 0) is 68.0 Å². The maximum Gasteiger partial charge on any atom is 0.260 e. The van der Waals surface area contributed by atoms with Crippen molar-refractivity contribution in [3.63, 3.8) is 0 Å². The van der Waals surface area contributed by atoms with Crippen molar-refractivity contribution in [1.29, 1.82) is 0 Å². The lowest BCUT2D eigenvalue weighted by Crippen LogP contribution is -2.38. The Bertz CT molecular complexity index is 1140. The lowest BCUT2D eigenvalue weighted by molar-refractivity contribution is -0.134. The van der Waals surface area contributed by atoms with Gasteiger partial charge in [0.15, 0.2) is 18.1 Å². The van der Waals surface area contributed by atoms with Crippen LogP contribution < -0.4 is 14.8 Å². The molecule has 0 unspecified atom stereocenters. The second kappa shape index (κ2) is 12.1. The number of rotatable bonds is 9. The molecule has 0 aromatic heterocycles. The van der Waals surface area contributed by atoms with Gasteiger partial charge in [0.1, 0.15) is 0 Å². The molecule has 4 rings (SSSR count). The van der Waals surface area contributed by atoms with Crippen molar-refractivity contribution in [3.05, 3.63) is 89.5 Å². The molecule has 0 bridgehead atoms. The first-order valence-electron chi connectivity index (χ1n) is 12.2. The van der Waals surface area contributed by atoms with E-state index < -0.39 is 0 Å². The molecular formula is C29H32N2O4. The van der Waals surface area contributed by atoms with Crippen LogP contribution in [-0.4, -0.2) is 43.0 Å². The quantitative estimate of drug-likeness (QED) is 0.458. The fourth-order valence-electron chi connectivity index (χ4n) is 4.22. The van der Waals surface area contributed by atoms with E-state index in [1.165, 1.54) is 12.0 Å². The molecule has 182 valence electrons. The van der Waals surface area contributed by atoms with Gasteiger partial charge in [-0.25, -0.2) is 0 Å². The summed E-state index contributed by atoms with van der Waals surface area (Å²) in [6.45, 7) is 3.81. The normalized spacial score (nSPS) is 13.2. The number of likely N-dealkylation sites (tertiary alicyclic amines) is 1. The van der Waals surface area contributed by atoms with E-state index in [0.717, 1.165) is 43.6 Å². The van der Waals surface area contributed by atoms with E-state index in [4.69, 9.17) is 9.47 Å². The molecule has 1 fully saturated rings. The Morgan fingerprint density at radius 3 is 2.37 bits per heavy atom. The Labute approximate surface area is 206 Å². The van der Waals surface area contributed by atoms with Crippen LogP contribution in [0.5, 0.6) is 11.5 Å². The third-order valence-corrected chi connectivity index (χ3v) is 6.07. The molecule has 3 aromatic carbocycles. The molecule has 6 heteroatoms. The van der Waals surface area contributed by atoms with Crippen molar-refractivity contribution in [2.75, 3.05) is 31.6 Å². The highest BCUT2D eigenvalue weighted by Crippen LogP contribution is 2.29. The van der Waals surface area contributed by atoms with Gasteiger partial charge in [0.2, 0.25) is 0 Å². The number of nitrogens with one attached hydrogen (secondary N) is 1. The maximum atomic E-state index is 13.1. The zero-order valence-electron chi connectivity index (χ0n) is 20.2. The van der Waals surface area contributed by atoms with Gasteiger partial charge in [-0.3, -0.25) is 9.59 Å². The number of ether oxygens (including phenoxy) is 2. The number of carbonyl (C=O) groups is 2. The number of hydrogen-bond acceptors (Lipinski definition) is 4. The minimum absolute atomic E-state index is 0.0241. The standard InChI is InChI=1S/C29H32N2O4/c1-2-34-27-20-24(15-16-26(27)35-21-28(32)31-17-9-4-10-18-31)29(33)30-25-14-8-7-13-23(25)19-22-11-5-3-6-12-22/h3,5-8,11-16,20H,2,4,9-10,17-19,21H2,1H3,(H,30,33). The van der Waals surface area contributed by atoms with E-state index in [1.807, 2.05) is 54.3 Å². The van der Waals surface area contributed by atoms with Crippen LogP contribution in [0.4, 0.5) is 5.69 Å². The number of carbonyl (C=O) groups excluding carboxylic acids is 2. The summed E-state index contributed by atoms with van der Waals surface area (Å²) in [5.74, 6) is 0.647. The number of nitrogens with zero attached hydrogens (tertiary/aromatic N) is 1. The third kappa shape index (κ3) is 6.63. The van der Waals surface area contributed by atoms with Crippen LogP contribution in [0.25, 0.3) is 0 Å². The molecule has 2 amide bonds. The number of benzene rings is 3. The SMILES string of the molecule is CCOc1cc(C(=O)Nc2ccccc2Cc2ccccc2)ccc1OCC(=O)N1CCCCC1. The van der Waals surface area contributed by atoms with Crippen LogP contribution >= 0.6 is 0 Å². The van der Waals surface area contributed by atoms with Crippen molar-refractivity contribution >= 4 is 17.5 Å². The van der Waals surface area contributed by atoms with Crippen LogP contribution in [0.15, 0.2) is 72.8 Å². The Hall–Kier alpha value is -3.80. The summed E-state index contributed by atoms with van der Waals surface area (Å²) < 4.78 is 11.5. The highest BCUT2D eigenvalue weighted by atomic mass is 16.5. The summed E-state index contributed by atoms with van der Waals surface area (Å²) in [6.07, 6.45) is 3.96. The second-order valence-corrected chi connectivity index (χ2v) is 8.60. The van der Waals surface area contributed by atoms with Crippen LogP contribution in [-0.2, 0) is 11.2 Å². The number of hydrogen-bond donors (Lipinski definition) is 1. The van der Waals surface area contributed by atoms with Crippen LogP contribution in [0.1, 0.15) is 47.7 Å². The Morgan fingerprint density at radius 2 is 1.60 bits per heavy atom. The van der Waals surface area contributed by atoms with E-state index in [9.17, 15) is 9.59 Å². The molecule has 3 aromatic rings. The Morgan fingerprint density at radius 1 is 0.857 bits per heavy atom. The lowest BCUT2D eigenvalue weighted by atomic mass is 10.0. The predicted molar refractivity (Wildman–Crippen MR) is 137 cm³/mol. The average molecular weight is 473 g/mol. The molecule has 0 saturated carbocycles. The molecule has 1 aliphatic rings. The molecule has 0 aliphatic carbocycles. The zero-order valence-corrected chi connectivity index (χ0v) is 20.2. The molecule has 0 radical (unpaired) electrons. The van der Waals surface area contributed by atoms with E-state index in [2.05, 4.69) is 17.4 Å². The summed E-state index contributed by atoms with van der Waals surface area (Å²) in [4.78, 5) is 27.4. The number of piperidine rings is 1. The first kappa shape index (κ1) is 24.3. The van der Waals surface area contributed by atoms with E-state index in [-0.39, 0.29) is 18.4 Å². The van der Waals surface area contributed by atoms with Crippen LogP contribution in [0, 0.1) is 0 Å². The third-order valence-electron chi connectivity index (χ3n) is 6.07. The highest BCUT2D eigenvalue weighted by Gasteiger charge is 2.19. The second-order valence-electron chi connectivity index (χ2n) is 8.60. The maximum absolute atomic E-state index is 13.1. The van der Waals surface area contributed by atoms with E-state index in [1.54, 1.807) is 18.2 Å². The van der Waals surface area contributed by atoms with Gasteiger partial charge < -0.3 is 19.7 Å². The monoisotopic (exact) mass is 472 g/mol. The highest BCUT2D eigenvalue weighted by molar-refractivity contribution is 6.05. The first-order valence-corrected chi connectivity index (χ1v) is 12.2. The van der Waals surface area contributed by atoms with E-state index >= 15 is 0 Å². The topological polar surface area (TPSA) is 67.9 Å². The molecule has 1 N–H and O–H groups in total. The summed E-state index contributed by atoms with van der Waals surface area (Å²) in [5, 5.41) is 3.03. The minimum Gasteiger partial charge on any atom is -0.490 e. The van der Waals surface area contributed by atoms with E-state index in [0.29, 0.717) is 23.7 Å². The largest absolute Gasteiger partial charge is 0.490 e. The van der Waals surface area contributed by atoms with Crippen LogP contribution in [0.2, 0.25) is 0 Å². The average Bonchev–Trinajstić information content (AvgIpc) is 2.90. The molecule has 0 spiro atoms. The summed E-state index contributed by atoms with van der Waals surface area (Å²) in [5.41, 5.74) is 3.44. The molecule has 1 saturated heterocycles. The molecular weight excluding hydrogens is 440 g/mol. The van der Waals surface area contributed by atoms with Crippen molar-refractivity contribution in [2.45, 2.75) is 32.6 Å². The fraction of sp³-hybridized carbons (Fsp3) is 0.310. The van der Waals surface area contributed by atoms with Gasteiger partial charge in [-0.2, -0.15) is 0 Å². The van der Waals surface area contributed by atoms with Crippen molar-refractivity contribution in [3.8, 4) is 11.5 Å².